The van der Waals surface area contributed by atoms with Gasteiger partial charge in [-0.1, -0.05) is 0 Å². The molecule has 0 amide bonds. The van der Waals surface area contributed by atoms with Crippen LogP contribution in [0, 0.1) is 10.1 Å². The zero-order valence-corrected chi connectivity index (χ0v) is 10.1. The largest absolute Gasteiger partial charge is 0.465 e. The number of rotatable bonds is 5. The molecule has 9 heteroatoms. The van der Waals surface area contributed by atoms with Crippen molar-refractivity contribution in [2.24, 2.45) is 7.05 Å². The fraction of sp³-hybridized carbons (Fsp3) is 0.500. The number of hydrogen-bond acceptors (Lipinski definition) is 6. The van der Waals surface area contributed by atoms with Gasteiger partial charge >= 0.3 is 11.8 Å². The van der Waals surface area contributed by atoms with Crippen LogP contribution in [0.1, 0.15) is 6.92 Å². The molecule has 94 valence electrons. The predicted molar refractivity (Wildman–Crippen MR) is 57.8 cm³/mol. The van der Waals surface area contributed by atoms with E-state index in [9.17, 15) is 19.1 Å². The average Bonchev–Trinajstić information content (AvgIpc) is 2.60. The first-order valence-electron chi connectivity index (χ1n) is 4.67. The molecule has 0 saturated carbocycles. The van der Waals surface area contributed by atoms with Gasteiger partial charge < -0.3 is 19.4 Å². The number of nitro groups is 1. The van der Waals surface area contributed by atoms with E-state index in [1.54, 1.807) is 6.92 Å². The molecule has 8 nitrogen and oxygen atoms in total. The smallest absolute Gasteiger partial charge is 0.398 e. The Morgan fingerprint density at radius 2 is 2.35 bits per heavy atom. The number of nitrogens with zero attached hydrogens (tertiary/aromatic N) is 3. The highest BCUT2D eigenvalue weighted by molar-refractivity contribution is 7.85. The molecule has 0 aliphatic heterocycles. The Labute approximate surface area is 99.2 Å². The molecule has 1 atom stereocenters. The molecule has 0 aromatic carbocycles. The Balaban J connectivity index is 2.92. The SMILES string of the molecule is CCOC(=O)CS(=O)c1c([N+](=O)[O-])ncn1C. The van der Waals surface area contributed by atoms with E-state index in [0.29, 0.717) is 0 Å². The summed E-state index contributed by atoms with van der Waals surface area (Å²) in [6.07, 6.45) is 1.18. The van der Waals surface area contributed by atoms with Gasteiger partial charge in [0.05, 0.1) is 17.4 Å². The average molecular weight is 261 g/mol. The van der Waals surface area contributed by atoms with E-state index in [1.165, 1.54) is 17.9 Å². The van der Waals surface area contributed by atoms with Crippen molar-refractivity contribution in [3.63, 3.8) is 0 Å². The monoisotopic (exact) mass is 261 g/mol. The van der Waals surface area contributed by atoms with Crippen LogP contribution in [0.3, 0.4) is 0 Å². The summed E-state index contributed by atoms with van der Waals surface area (Å²) in [4.78, 5) is 24.5. The van der Waals surface area contributed by atoms with Crippen LogP contribution in [0.15, 0.2) is 11.4 Å². The van der Waals surface area contributed by atoms with Crippen molar-refractivity contribution < 1.29 is 18.7 Å². The molecular formula is C8H11N3O5S. The van der Waals surface area contributed by atoms with Crippen molar-refractivity contribution in [2.75, 3.05) is 12.4 Å². The number of imidazole rings is 1. The third-order valence-electron chi connectivity index (χ3n) is 1.81. The summed E-state index contributed by atoms with van der Waals surface area (Å²) in [6.45, 7) is 1.79. The molecule has 1 aromatic heterocycles. The number of esters is 1. The number of hydrogen-bond donors (Lipinski definition) is 0. The fourth-order valence-corrected chi connectivity index (χ4v) is 2.31. The highest BCUT2D eigenvalue weighted by atomic mass is 32.2. The van der Waals surface area contributed by atoms with Crippen molar-refractivity contribution in [1.29, 1.82) is 0 Å². The normalized spacial score (nSPS) is 12.1. The van der Waals surface area contributed by atoms with Crippen LogP contribution in [-0.4, -0.2) is 37.0 Å². The number of aromatic nitrogens is 2. The lowest BCUT2D eigenvalue weighted by atomic mass is 10.7. The van der Waals surface area contributed by atoms with E-state index in [-0.39, 0.29) is 11.6 Å². The Bertz CT molecular complexity index is 470. The molecule has 1 rings (SSSR count). The summed E-state index contributed by atoms with van der Waals surface area (Å²) in [6, 6.07) is 0. The molecule has 0 N–H and O–H groups in total. The summed E-state index contributed by atoms with van der Waals surface area (Å²) in [5.74, 6) is -1.59. The van der Waals surface area contributed by atoms with Crippen molar-refractivity contribution in [1.82, 2.24) is 9.55 Å². The molecule has 0 saturated heterocycles. The number of ether oxygens (including phenoxy) is 1. The first-order chi connectivity index (χ1) is 7.97. The molecular weight excluding hydrogens is 250 g/mol. The van der Waals surface area contributed by atoms with Gasteiger partial charge in [0, 0.05) is 7.05 Å². The number of carbonyl (C=O) groups excluding carboxylic acids is 1. The summed E-state index contributed by atoms with van der Waals surface area (Å²) in [5, 5.41) is 10.5. The van der Waals surface area contributed by atoms with Crippen LogP contribution in [0.2, 0.25) is 0 Å². The van der Waals surface area contributed by atoms with Gasteiger partial charge in [0.2, 0.25) is 11.4 Å². The van der Waals surface area contributed by atoms with Crippen molar-refractivity contribution >= 4 is 22.6 Å². The van der Waals surface area contributed by atoms with E-state index in [0.717, 1.165) is 0 Å². The minimum Gasteiger partial charge on any atom is -0.465 e. The second-order valence-corrected chi connectivity index (χ2v) is 4.40. The molecule has 0 radical (unpaired) electrons. The molecule has 1 unspecified atom stereocenters. The Morgan fingerprint density at radius 1 is 1.71 bits per heavy atom. The van der Waals surface area contributed by atoms with Gasteiger partial charge in [-0.05, 0) is 16.8 Å². The highest BCUT2D eigenvalue weighted by Crippen LogP contribution is 2.19. The van der Waals surface area contributed by atoms with Gasteiger partial charge in [-0.15, -0.1) is 0 Å². The highest BCUT2D eigenvalue weighted by Gasteiger charge is 2.26. The topological polar surface area (TPSA) is 104 Å². The Hall–Kier alpha value is -1.77. The van der Waals surface area contributed by atoms with Crippen LogP contribution in [0.5, 0.6) is 0 Å². The number of carbonyl (C=O) groups is 1. The van der Waals surface area contributed by atoms with Crippen LogP contribution in [0.25, 0.3) is 0 Å². The maximum atomic E-state index is 11.8. The van der Waals surface area contributed by atoms with Crippen molar-refractivity contribution in [3.8, 4) is 0 Å². The maximum absolute atomic E-state index is 11.8. The third-order valence-corrected chi connectivity index (χ3v) is 3.21. The van der Waals surface area contributed by atoms with Crippen LogP contribution < -0.4 is 0 Å². The molecule has 1 heterocycles. The van der Waals surface area contributed by atoms with Crippen LogP contribution >= 0.6 is 0 Å². The standard InChI is InChI=1S/C8H11N3O5S/c1-3-16-6(12)4-17(15)8-7(11(13)14)9-5-10(8)2/h5H,3-4H2,1-2H3. The summed E-state index contributed by atoms with van der Waals surface area (Å²) < 4.78 is 17.7. The van der Waals surface area contributed by atoms with Gasteiger partial charge in [-0.2, -0.15) is 0 Å². The molecule has 0 aliphatic carbocycles. The molecule has 0 fully saturated rings. The van der Waals surface area contributed by atoms with Gasteiger partial charge in [0.15, 0.2) is 0 Å². The van der Waals surface area contributed by atoms with Gasteiger partial charge in [-0.3, -0.25) is 9.00 Å². The van der Waals surface area contributed by atoms with Gasteiger partial charge in [0.25, 0.3) is 0 Å². The lowest BCUT2D eigenvalue weighted by Crippen LogP contribution is -2.16. The molecule has 1 aromatic rings. The minimum absolute atomic E-state index is 0.0944. The maximum Gasteiger partial charge on any atom is 0.398 e. The second-order valence-electron chi connectivity index (χ2n) is 3.04. The summed E-state index contributed by atoms with van der Waals surface area (Å²) in [7, 11) is -0.373. The summed E-state index contributed by atoms with van der Waals surface area (Å²) >= 11 is 0. The summed E-state index contributed by atoms with van der Waals surface area (Å²) in [5.41, 5.74) is 0. The second kappa shape index (κ2) is 5.53. The quantitative estimate of drug-likeness (QED) is 0.419. The Kier molecular flexibility index (Phi) is 4.32. The predicted octanol–water partition coefficient (Wildman–Crippen LogP) is -0.00100. The first kappa shape index (κ1) is 13.3. The van der Waals surface area contributed by atoms with E-state index in [4.69, 9.17) is 0 Å². The zero-order chi connectivity index (χ0) is 13.0. The van der Waals surface area contributed by atoms with E-state index in [2.05, 4.69) is 9.72 Å². The molecule has 17 heavy (non-hydrogen) atoms. The molecule has 0 aliphatic rings. The lowest BCUT2D eigenvalue weighted by Gasteiger charge is -2.02. The van der Waals surface area contributed by atoms with E-state index < -0.39 is 33.3 Å². The molecule has 0 spiro atoms. The zero-order valence-electron chi connectivity index (χ0n) is 9.28. The van der Waals surface area contributed by atoms with Crippen LogP contribution in [0.4, 0.5) is 5.82 Å². The van der Waals surface area contributed by atoms with Gasteiger partial charge in [-0.25, -0.2) is 0 Å². The molecule has 0 bridgehead atoms. The van der Waals surface area contributed by atoms with E-state index in [1.807, 2.05) is 0 Å². The van der Waals surface area contributed by atoms with Crippen molar-refractivity contribution in [3.05, 3.63) is 16.4 Å². The minimum atomic E-state index is -1.84. The van der Waals surface area contributed by atoms with Crippen LogP contribution in [-0.2, 0) is 27.4 Å². The van der Waals surface area contributed by atoms with Crippen molar-refractivity contribution in [2.45, 2.75) is 11.9 Å². The lowest BCUT2D eigenvalue weighted by molar-refractivity contribution is -0.392. The third kappa shape index (κ3) is 3.09. The first-order valence-corrected chi connectivity index (χ1v) is 5.99. The van der Waals surface area contributed by atoms with E-state index >= 15 is 0 Å². The fourth-order valence-electron chi connectivity index (χ4n) is 1.17. The number of aryl methyl sites for hydroxylation is 1. The Morgan fingerprint density at radius 3 is 2.88 bits per heavy atom. The van der Waals surface area contributed by atoms with Gasteiger partial charge in [0.1, 0.15) is 5.75 Å².